The number of fused-ring (bicyclic) bond motifs is 1. The average Bonchev–Trinajstić information content (AvgIpc) is 2.95. The molecular formula is C19H22FN3O2. The van der Waals surface area contributed by atoms with Crippen LogP contribution in [0.5, 0.6) is 5.75 Å². The number of phenolic OH excluding ortho intramolecular Hbond substituents is 1. The molecule has 0 aliphatic heterocycles. The predicted molar refractivity (Wildman–Crippen MR) is 94.6 cm³/mol. The van der Waals surface area contributed by atoms with Crippen molar-refractivity contribution in [3.8, 4) is 11.4 Å². The Morgan fingerprint density at radius 1 is 1.08 bits per heavy atom. The summed E-state index contributed by atoms with van der Waals surface area (Å²) in [6.07, 6.45) is 1.32. The standard InChI is InChI=1S/C19H22FN3O2/c1-19(2,3)14-9-12(5-4-8-24)10-17(18(14)25)23-21-15-7-6-13(20)11-16(15)22-23/h6-7,9-11,24-25H,4-5,8H2,1-3H3. The van der Waals surface area contributed by atoms with E-state index in [9.17, 15) is 9.50 Å². The number of nitrogens with zero attached hydrogens (tertiary/aromatic N) is 3. The second-order valence-corrected chi connectivity index (χ2v) is 7.21. The molecule has 0 spiro atoms. The summed E-state index contributed by atoms with van der Waals surface area (Å²) in [4.78, 5) is 1.34. The van der Waals surface area contributed by atoms with Crippen molar-refractivity contribution in [2.75, 3.05) is 6.61 Å². The Morgan fingerprint density at radius 3 is 2.48 bits per heavy atom. The first-order valence-electron chi connectivity index (χ1n) is 8.30. The minimum atomic E-state index is -0.379. The summed E-state index contributed by atoms with van der Waals surface area (Å²) in [6, 6.07) is 7.98. The maximum Gasteiger partial charge on any atom is 0.146 e. The number of aromatic hydroxyl groups is 1. The number of aliphatic hydroxyl groups excluding tert-OH is 1. The third-order valence-corrected chi connectivity index (χ3v) is 4.14. The van der Waals surface area contributed by atoms with Crippen LogP contribution in [-0.4, -0.2) is 31.8 Å². The summed E-state index contributed by atoms with van der Waals surface area (Å²) in [5.74, 6) is -0.267. The summed E-state index contributed by atoms with van der Waals surface area (Å²) in [5.41, 5.74) is 2.94. The first-order valence-corrected chi connectivity index (χ1v) is 8.30. The van der Waals surface area contributed by atoms with Gasteiger partial charge in [-0.15, -0.1) is 15.0 Å². The molecule has 0 amide bonds. The lowest BCUT2D eigenvalue weighted by molar-refractivity contribution is 0.288. The molecule has 0 saturated carbocycles. The van der Waals surface area contributed by atoms with Crippen LogP contribution in [0, 0.1) is 5.82 Å². The second-order valence-electron chi connectivity index (χ2n) is 7.21. The first-order chi connectivity index (χ1) is 11.8. The maximum absolute atomic E-state index is 13.4. The van der Waals surface area contributed by atoms with Gasteiger partial charge in [0.1, 0.15) is 28.3 Å². The monoisotopic (exact) mass is 343 g/mol. The van der Waals surface area contributed by atoms with E-state index in [-0.39, 0.29) is 23.6 Å². The second kappa shape index (κ2) is 6.44. The first kappa shape index (κ1) is 17.4. The normalized spacial score (nSPS) is 12.0. The molecule has 6 heteroatoms. The van der Waals surface area contributed by atoms with Crippen LogP contribution in [0.25, 0.3) is 16.7 Å². The van der Waals surface area contributed by atoms with Crippen LogP contribution < -0.4 is 0 Å². The van der Waals surface area contributed by atoms with Gasteiger partial charge in [0.15, 0.2) is 0 Å². The van der Waals surface area contributed by atoms with Crippen molar-refractivity contribution in [1.82, 2.24) is 15.0 Å². The smallest absolute Gasteiger partial charge is 0.146 e. The predicted octanol–water partition coefficient (Wildman–Crippen LogP) is 3.49. The third-order valence-electron chi connectivity index (χ3n) is 4.14. The molecule has 0 atom stereocenters. The fraction of sp³-hybridized carbons (Fsp3) is 0.368. The minimum Gasteiger partial charge on any atom is -0.505 e. The van der Waals surface area contributed by atoms with E-state index in [2.05, 4.69) is 10.2 Å². The number of halogens is 1. The maximum atomic E-state index is 13.4. The molecule has 2 N–H and O–H groups in total. The van der Waals surface area contributed by atoms with Gasteiger partial charge in [0.2, 0.25) is 0 Å². The summed E-state index contributed by atoms with van der Waals surface area (Å²) >= 11 is 0. The van der Waals surface area contributed by atoms with Crippen LogP contribution in [0.1, 0.15) is 38.3 Å². The fourth-order valence-corrected chi connectivity index (χ4v) is 2.82. The molecule has 0 aliphatic carbocycles. The van der Waals surface area contributed by atoms with E-state index in [4.69, 9.17) is 5.11 Å². The Bertz CT molecular complexity index is 913. The molecule has 0 radical (unpaired) electrons. The van der Waals surface area contributed by atoms with Gasteiger partial charge in [0.05, 0.1) is 0 Å². The van der Waals surface area contributed by atoms with Gasteiger partial charge in [0.25, 0.3) is 0 Å². The molecule has 0 unspecified atom stereocenters. The molecule has 5 nitrogen and oxygen atoms in total. The lowest BCUT2D eigenvalue weighted by atomic mass is 9.84. The van der Waals surface area contributed by atoms with E-state index in [1.807, 2.05) is 32.9 Å². The zero-order chi connectivity index (χ0) is 18.2. The van der Waals surface area contributed by atoms with E-state index < -0.39 is 0 Å². The Morgan fingerprint density at radius 2 is 1.80 bits per heavy atom. The number of hydrogen-bond donors (Lipinski definition) is 2. The molecule has 0 fully saturated rings. The van der Waals surface area contributed by atoms with Crippen molar-refractivity contribution >= 4 is 11.0 Å². The molecule has 0 bridgehead atoms. The summed E-state index contributed by atoms with van der Waals surface area (Å²) in [7, 11) is 0. The van der Waals surface area contributed by atoms with Gasteiger partial charge >= 0.3 is 0 Å². The zero-order valence-corrected chi connectivity index (χ0v) is 14.6. The number of phenols is 1. The molecule has 0 aliphatic rings. The Labute approximate surface area is 145 Å². The topological polar surface area (TPSA) is 71.2 Å². The third kappa shape index (κ3) is 3.49. The van der Waals surface area contributed by atoms with Gasteiger partial charge in [-0.2, -0.15) is 0 Å². The number of benzene rings is 2. The highest BCUT2D eigenvalue weighted by Gasteiger charge is 2.23. The number of hydrogen-bond acceptors (Lipinski definition) is 4. The highest BCUT2D eigenvalue weighted by molar-refractivity contribution is 5.74. The van der Waals surface area contributed by atoms with Gasteiger partial charge < -0.3 is 10.2 Å². The highest BCUT2D eigenvalue weighted by atomic mass is 19.1. The van der Waals surface area contributed by atoms with Crippen LogP contribution in [0.4, 0.5) is 4.39 Å². The minimum absolute atomic E-state index is 0.101. The van der Waals surface area contributed by atoms with Crippen LogP contribution >= 0.6 is 0 Å². The van der Waals surface area contributed by atoms with Crippen LogP contribution in [-0.2, 0) is 11.8 Å². The fourth-order valence-electron chi connectivity index (χ4n) is 2.82. The SMILES string of the molecule is CC(C)(C)c1cc(CCCO)cc(-n2nc3ccc(F)cc3n2)c1O. The molecule has 3 aromatic rings. The summed E-state index contributed by atoms with van der Waals surface area (Å²) in [5, 5.41) is 28.6. The van der Waals surface area contributed by atoms with Crippen molar-refractivity contribution in [2.24, 2.45) is 0 Å². The lowest BCUT2D eigenvalue weighted by Crippen LogP contribution is -2.14. The van der Waals surface area contributed by atoms with Gasteiger partial charge in [-0.05, 0) is 42.0 Å². The van der Waals surface area contributed by atoms with Crippen molar-refractivity contribution < 1.29 is 14.6 Å². The number of rotatable bonds is 4. The molecule has 2 aromatic carbocycles. The van der Waals surface area contributed by atoms with Crippen LogP contribution in [0.15, 0.2) is 30.3 Å². The van der Waals surface area contributed by atoms with E-state index in [0.29, 0.717) is 29.6 Å². The zero-order valence-electron chi connectivity index (χ0n) is 14.6. The van der Waals surface area contributed by atoms with Gasteiger partial charge in [-0.3, -0.25) is 0 Å². The highest BCUT2D eigenvalue weighted by Crippen LogP contribution is 2.36. The van der Waals surface area contributed by atoms with Crippen LogP contribution in [0.2, 0.25) is 0 Å². The van der Waals surface area contributed by atoms with Crippen LogP contribution in [0.3, 0.4) is 0 Å². The van der Waals surface area contributed by atoms with Gasteiger partial charge in [0, 0.05) is 18.2 Å². The molecule has 3 rings (SSSR count). The number of aliphatic hydroxyl groups is 1. The molecule has 132 valence electrons. The quantitative estimate of drug-likeness (QED) is 0.761. The van der Waals surface area contributed by atoms with E-state index in [0.717, 1.165) is 11.1 Å². The summed E-state index contributed by atoms with van der Waals surface area (Å²) < 4.78 is 13.4. The van der Waals surface area contributed by atoms with E-state index >= 15 is 0 Å². The van der Waals surface area contributed by atoms with Crippen molar-refractivity contribution in [3.05, 3.63) is 47.3 Å². The van der Waals surface area contributed by atoms with Gasteiger partial charge in [-0.25, -0.2) is 4.39 Å². The molecule has 25 heavy (non-hydrogen) atoms. The molecule has 1 heterocycles. The van der Waals surface area contributed by atoms with Crippen molar-refractivity contribution in [3.63, 3.8) is 0 Å². The lowest BCUT2D eigenvalue weighted by Gasteiger charge is -2.23. The van der Waals surface area contributed by atoms with E-state index in [1.54, 1.807) is 6.07 Å². The Kier molecular flexibility index (Phi) is 4.47. The van der Waals surface area contributed by atoms with Gasteiger partial charge in [-0.1, -0.05) is 26.8 Å². The number of aryl methyl sites for hydroxylation is 1. The molecular weight excluding hydrogens is 321 g/mol. The average molecular weight is 343 g/mol. The Hall–Kier alpha value is -2.47. The van der Waals surface area contributed by atoms with Crippen molar-refractivity contribution in [1.29, 1.82) is 0 Å². The summed E-state index contributed by atoms with van der Waals surface area (Å²) in [6.45, 7) is 6.16. The Balaban J connectivity index is 2.18. The molecule has 0 saturated heterocycles. The number of aromatic nitrogens is 3. The largest absolute Gasteiger partial charge is 0.505 e. The van der Waals surface area contributed by atoms with Crippen molar-refractivity contribution in [2.45, 2.75) is 39.0 Å². The molecule has 1 aromatic heterocycles. The van der Waals surface area contributed by atoms with E-state index in [1.165, 1.54) is 16.9 Å².